The van der Waals surface area contributed by atoms with Crippen molar-refractivity contribution in [3.63, 3.8) is 0 Å². The molecule has 2 heterocycles. The van der Waals surface area contributed by atoms with Gasteiger partial charge in [-0.1, -0.05) is 22.0 Å². The number of halogens is 1. The minimum Gasteiger partial charge on any atom is -0.493 e. The zero-order valence-electron chi connectivity index (χ0n) is 15.7. The van der Waals surface area contributed by atoms with E-state index in [2.05, 4.69) is 26.6 Å². The van der Waals surface area contributed by atoms with Crippen LogP contribution in [-0.4, -0.2) is 18.4 Å². The Morgan fingerprint density at radius 2 is 1.97 bits per heavy atom. The molecular formula is C22H19BrN2O4. The van der Waals surface area contributed by atoms with Crippen molar-refractivity contribution < 1.29 is 18.7 Å². The summed E-state index contributed by atoms with van der Waals surface area (Å²) in [4.78, 5) is 25.2. The van der Waals surface area contributed by atoms with Gasteiger partial charge in [0.05, 0.1) is 18.9 Å². The molecule has 1 atom stereocenters. The number of ether oxygens (including phenoxy) is 1. The quantitative estimate of drug-likeness (QED) is 0.589. The van der Waals surface area contributed by atoms with Crippen LogP contribution in [0, 0.1) is 6.92 Å². The van der Waals surface area contributed by atoms with Crippen LogP contribution in [0.5, 0.6) is 5.75 Å². The Morgan fingerprint density at radius 1 is 1.10 bits per heavy atom. The van der Waals surface area contributed by atoms with Crippen LogP contribution >= 0.6 is 15.9 Å². The van der Waals surface area contributed by atoms with Crippen LogP contribution in [0.2, 0.25) is 0 Å². The normalized spacial score (nSPS) is 15.2. The van der Waals surface area contributed by atoms with Gasteiger partial charge in [-0.05, 0) is 55.0 Å². The van der Waals surface area contributed by atoms with Gasteiger partial charge in [-0.2, -0.15) is 0 Å². The lowest BCUT2D eigenvalue weighted by Gasteiger charge is -2.27. The van der Waals surface area contributed by atoms with E-state index in [0.29, 0.717) is 24.3 Å². The third-order valence-electron chi connectivity index (χ3n) is 4.81. The zero-order chi connectivity index (χ0) is 20.4. The van der Waals surface area contributed by atoms with E-state index in [1.165, 1.54) is 6.26 Å². The molecule has 2 aromatic carbocycles. The predicted octanol–water partition coefficient (Wildman–Crippen LogP) is 4.86. The van der Waals surface area contributed by atoms with Crippen molar-refractivity contribution in [3.05, 3.63) is 81.7 Å². The summed E-state index contributed by atoms with van der Waals surface area (Å²) in [6, 6.07) is 14.1. The van der Waals surface area contributed by atoms with Gasteiger partial charge < -0.3 is 19.8 Å². The lowest BCUT2D eigenvalue weighted by molar-refractivity contribution is 0.0923. The lowest BCUT2D eigenvalue weighted by Crippen LogP contribution is -2.32. The summed E-state index contributed by atoms with van der Waals surface area (Å²) in [6.07, 6.45) is 2.12. The highest BCUT2D eigenvalue weighted by atomic mass is 79.9. The molecule has 0 saturated heterocycles. The van der Waals surface area contributed by atoms with Crippen LogP contribution in [0.4, 0.5) is 5.69 Å². The van der Waals surface area contributed by atoms with Gasteiger partial charge in [0.1, 0.15) is 5.75 Å². The summed E-state index contributed by atoms with van der Waals surface area (Å²) < 4.78 is 11.7. The first-order valence-corrected chi connectivity index (χ1v) is 9.99. The van der Waals surface area contributed by atoms with Gasteiger partial charge in [-0.15, -0.1) is 0 Å². The maximum atomic E-state index is 12.9. The standard InChI is InChI=1S/C22H19BrN2O4/c1-13-4-5-14(11-18(13)25-22(27)20-3-2-9-28-20)21(26)24-17-8-10-29-19-7-6-15(23)12-16(17)19/h2-7,9,11-12,17H,8,10H2,1H3,(H,24,26)(H,25,27). The topological polar surface area (TPSA) is 80.6 Å². The van der Waals surface area contributed by atoms with E-state index >= 15 is 0 Å². The number of carbonyl (C=O) groups is 2. The molecule has 148 valence electrons. The second-order valence-electron chi connectivity index (χ2n) is 6.81. The number of nitrogens with one attached hydrogen (secondary N) is 2. The molecule has 29 heavy (non-hydrogen) atoms. The van der Waals surface area contributed by atoms with Gasteiger partial charge in [0, 0.05) is 27.7 Å². The number of rotatable bonds is 4. The lowest BCUT2D eigenvalue weighted by atomic mass is 10.00. The highest BCUT2D eigenvalue weighted by Crippen LogP contribution is 2.34. The van der Waals surface area contributed by atoms with E-state index in [4.69, 9.17) is 9.15 Å². The van der Waals surface area contributed by atoms with E-state index in [-0.39, 0.29) is 23.6 Å². The average molecular weight is 455 g/mol. The molecule has 0 fully saturated rings. The SMILES string of the molecule is Cc1ccc(C(=O)NC2CCOc3ccc(Br)cc32)cc1NC(=O)c1ccco1. The fraction of sp³-hybridized carbons (Fsp3) is 0.182. The molecule has 1 aliphatic heterocycles. The molecule has 7 heteroatoms. The average Bonchev–Trinajstić information content (AvgIpc) is 3.25. The Kier molecular flexibility index (Phi) is 5.40. The van der Waals surface area contributed by atoms with Gasteiger partial charge in [0.15, 0.2) is 5.76 Å². The number of carbonyl (C=O) groups excluding carboxylic acids is 2. The molecule has 0 radical (unpaired) electrons. The van der Waals surface area contributed by atoms with Crippen molar-refractivity contribution in [1.29, 1.82) is 0 Å². The van der Waals surface area contributed by atoms with Gasteiger partial charge in [-0.25, -0.2) is 0 Å². The molecule has 1 aliphatic rings. The van der Waals surface area contributed by atoms with Crippen molar-refractivity contribution in [1.82, 2.24) is 5.32 Å². The fourth-order valence-corrected chi connectivity index (χ4v) is 3.63. The molecule has 0 bridgehead atoms. The second-order valence-corrected chi connectivity index (χ2v) is 7.72. The van der Waals surface area contributed by atoms with Crippen LogP contribution in [-0.2, 0) is 0 Å². The second kappa shape index (κ2) is 8.13. The molecule has 6 nitrogen and oxygen atoms in total. The van der Waals surface area contributed by atoms with Gasteiger partial charge >= 0.3 is 0 Å². The fourth-order valence-electron chi connectivity index (χ4n) is 3.25. The maximum Gasteiger partial charge on any atom is 0.291 e. The first-order valence-electron chi connectivity index (χ1n) is 9.20. The van der Waals surface area contributed by atoms with E-state index in [0.717, 1.165) is 21.3 Å². The molecule has 2 amide bonds. The minimum atomic E-state index is -0.362. The Hall–Kier alpha value is -3.06. The molecule has 2 N–H and O–H groups in total. The van der Waals surface area contributed by atoms with Crippen molar-refractivity contribution in [2.45, 2.75) is 19.4 Å². The zero-order valence-corrected chi connectivity index (χ0v) is 17.3. The first-order chi connectivity index (χ1) is 14.0. The van der Waals surface area contributed by atoms with E-state index < -0.39 is 0 Å². The summed E-state index contributed by atoms with van der Waals surface area (Å²) in [5.41, 5.74) is 2.82. The Labute approximate surface area is 176 Å². The summed E-state index contributed by atoms with van der Waals surface area (Å²) in [7, 11) is 0. The van der Waals surface area contributed by atoms with Gasteiger partial charge in [0.25, 0.3) is 11.8 Å². The predicted molar refractivity (Wildman–Crippen MR) is 112 cm³/mol. The number of amides is 2. The molecule has 1 aromatic heterocycles. The molecule has 0 spiro atoms. The van der Waals surface area contributed by atoms with Crippen molar-refractivity contribution in [2.75, 3.05) is 11.9 Å². The van der Waals surface area contributed by atoms with Crippen molar-refractivity contribution >= 4 is 33.4 Å². The van der Waals surface area contributed by atoms with Crippen molar-refractivity contribution in [2.24, 2.45) is 0 Å². The van der Waals surface area contributed by atoms with Gasteiger partial charge in [-0.3, -0.25) is 9.59 Å². The third kappa shape index (κ3) is 4.19. The summed E-state index contributed by atoms with van der Waals surface area (Å²) in [5, 5.41) is 5.87. The smallest absolute Gasteiger partial charge is 0.291 e. The van der Waals surface area contributed by atoms with Crippen molar-refractivity contribution in [3.8, 4) is 5.75 Å². The summed E-state index contributed by atoms with van der Waals surface area (Å²) in [5.74, 6) is 0.416. The highest BCUT2D eigenvalue weighted by Gasteiger charge is 2.24. The van der Waals surface area contributed by atoms with E-state index in [1.807, 2.05) is 25.1 Å². The largest absolute Gasteiger partial charge is 0.493 e. The molecule has 3 aromatic rings. The molecule has 0 aliphatic carbocycles. The van der Waals surface area contributed by atoms with E-state index in [1.54, 1.807) is 30.3 Å². The number of fused-ring (bicyclic) bond motifs is 1. The number of benzene rings is 2. The Bertz CT molecular complexity index is 1060. The Balaban J connectivity index is 1.53. The number of aryl methyl sites for hydroxylation is 1. The van der Waals surface area contributed by atoms with Crippen LogP contribution in [0.25, 0.3) is 0 Å². The number of anilines is 1. The molecule has 1 unspecified atom stereocenters. The highest BCUT2D eigenvalue weighted by molar-refractivity contribution is 9.10. The Morgan fingerprint density at radius 3 is 2.76 bits per heavy atom. The van der Waals surface area contributed by atoms with Gasteiger partial charge in [0.2, 0.25) is 0 Å². The summed E-state index contributed by atoms with van der Waals surface area (Å²) in [6.45, 7) is 2.41. The monoisotopic (exact) mass is 454 g/mol. The number of hydrogen-bond acceptors (Lipinski definition) is 4. The maximum absolute atomic E-state index is 12.9. The third-order valence-corrected chi connectivity index (χ3v) is 5.30. The first kappa shape index (κ1) is 19.3. The summed E-state index contributed by atoms with van der Waals surface area (Å²) >= 11 is 3.47. The van der Waals surface area contributed by atoms with Crippen LogP contribution in [0.3, 0.4) is 0 Å². The molecule has 4 rings (SSSR count). The minimum absolute atomic E-state index is 0.147. The van der Waals surface area contributed by atoms with Crippen LogP contribution in [0.15, 0.2) is 63.7 Å². The number of furan rings is 1. The molecular weight excluding hydrogens is 436 g/mol. The van der Waals surface area contributed by atoms with E-state index in [9.17, 15) is 9.59 Å². The number of hydrogen-bond donors (Lipinski definition) is 2. The van der Waals surface area contributed by atoms with Crippen LogP contribution < -0.4 is 15.4 Å². The van der Waals surface area contributed by atoms with Crippen LogP contribution in [0.1, 0.15) is 44.5 Å². The molecule has 0 saturated carbocycles.